The van der Waals surface area contributed by atoms with Crippen molar-refractivity contribution in [1.29, 1.82) is 0 Å². The summed E-state index contributed by atoms with van der Waals surface area (Å²) >= 11 is 6.84. The highest BCUT2D eigenvalue weighted by Crippen LogP contribution is 2.34. The van der Waals surface area contributed by atoms with Gasteiger partial charge in [0.2, 0.25) is 0 Å². The summed E-state index contributed by atoms with van der Waals surface area (Å²) in [6, 6.07) is 3.70. The third-order valence-electron chi connectivity index (χ3n) is 1.96. The van der Waals surface area contributed by atoms with Gasteiger partial charge in [0.05, 0.1) is 15.6 Å². The predicted molar refractivity (Wildman–Crippen MR) is 72.7 cm³/mol. The van der Waals surface area contributed by atoms with E-state index in [1.165, 1.54) is 5.57 Å². The van der Waals surface area contributed by atoms with Crippen LogP contribution in [-0.2, 0) is 6.61 Å². The molecule has 0 aliphatic rings. The van der Waals surface area contributed by atoms with Gasteiger partial charge in [0.1, 0.15) is 12.4 Å². The van der Waals surface area contributed by atoms with E-state index in [0.717, 1.165) is 20.3 Å². The van der Waals surface area contributed by atoms with E-state index < -0.39 is 0 Å². The summed E-state index contributed by atoms with van der Waals surface area (Å²) in [5.41, 5.74) is 2.06. The van der Waals surface area contributed by atoms with Gasteiger partial charge in [-0.15, -0.1) is 0 Å². The van der Waals surface area contributed by atoms with Gasteiger partial charge in [-0.1, -0.05) is 5.57 Å². The molecule has 0 aromatic heterocycles. The number of aliphatic hydroxyl groups excluding tert-OH is 1. The van der Waals surface area contributed by atoms with Crippen LogP contribution in [0.3, 0.4) is 0 Å². The number of halogens is 2. The van der Waals surface area contributed by atoms with Crippen LogP contribution in [0.4, 0.5) is 0 Å². The average molecular weight is 350 g/mol. The molecule has 0 heterocycles. The number of hydrogen-bond acceptors (Lipinski definition) is 2. The highest BCUT2D eigenvalue weighted by atomic mass is 79.9. The lowest BCUT2D eigenvalue weighted by atomic mass is 10.2. The number of allylic oxidation sites excluding steroid dienone is 1. The number of aliphatic hydroxyl groups is 1. The molecule has 2 nitrogen and oxygen atoms in total. The van der Waals surface area contributed by atoms with E-state index >= 15 is 0 Å². The number of hydrogen-bond donors (Lipinski definition) is 1. The summed E-state index contributed by atoms with van der Waals surface area (Å²) in [4.78, 5) is 0. The van der Waals surface area contributed by atoms with Gasteiger partial charge in [-0.2, -0.15) is 0 Å². The highest BCUT2D eigenvalue weighted by molar-refractivity contribution is 9.11. The third kappa shape index (κ3) is 3.92. The summed E-state index contributed by atoms with van der Waals surface area (Å²) in [5.74, 6) is 0.759. The minimum Gasteiger partial charge on any atom is -0.487 e. The normalized spacial score (nSPS) is 10.1. The molecule has 0 fully saturated rings. The van der Waals surface area contributed by atoms with Gasteiger partial charge >= 0.3 is 0 Å². The fraction of sp³-hybridized carbons (Fsp3) is 0.333. The van der Waals surface area contributed by atoms with E-state index in [1.54, 1.807) is 0 Å². The first-order valence-electron chi connectivity index (χ1n) is 4.89. The molecule has 1 N–H and O–H groups in total. The van der Waals surface area contributed by atoms with Crippen molar-refractivity contribution in [2.45, 2.75) is 20.5 Å². The Bertz CT molecular complexity index is 373. The SMILES string of the molecule is CC(C)=CCOc1c(Br)cc(CO)cc1Br. The van der Waals surface area contributed by atoms with Crippen molar-refractivity contribution in [3.63, 3.8) is 0 Å². The molecule has 0 radical (unpaired) electrons. The van der Waals surface area contributed by atoms with Crippen LogP contribution >= 0.6 is 31.9 Å². The molecule has 0 aliphatic carbocycles. The highest BCUT2D eigenvalue weighted by Gasteiger charge is 2.08. The van der Waals surface area contributed by atoms with E-state index in [4.69, 9.17) is 9.84 Å². The van der Waals surface area contributed by atoms with Gasteiger partial charge in [-0.3, -0.25) is 0 Å². The average Bonchev–Trinajstić information content (AvgIpc) is 2.21. The molecule has 4 heteroatoms. The van der Waals surface area contributed by atoms with Crippen LogP contribution in [0.2, 0.25) is 0 Å². The van der Waals surface area contributed by atoms with Crippen LogP contribution in [0.15, 0.2) is 32.7 Å². The van der Waals surface area contributed by atoms with Crippen LogP contribution in [0.1, 0.15) is 19.4 Å². The van der Waals surface area contributed by atoms with Crippen molar-refractivity contribution in [2.24, 2.45) is 0 Å². The standard InChI is InChI=1S/C12H14Br2O2/c1-8(2)3-4-16-12-10(13)5-9(7-15)6-11(12)14/h3,5-6,15H,4,7H2,1-2H3. The minimum absolute atomic E-state index is 0.0193. The smallest absolute Gasteiger partial charge is 0.148 e. The van der Waals surface area contributed by atoms with Crippen molar-refractivity contribution in [2.75, 3.05) is 6.61 Å². The fourth-order valence-electron chi connectivity index (χ4n) is 1.13. The van der Waals surface area contributed by atoms with Gasteiger partial charge < -0.3 is 9.84 Å². The molecule has 1 rings (SSSR count). The number of benzene rings is 1. The largest absolute Gasteiger partial charge is 0.487 e. The van der Waals surface area contributed by atoms with Crippen LogP contribution in [0, 0.1) is 0 Å². The van der Waals surface area contributed by atoms with E-state index in [2.05, 4.69) is 31.9 Å². The molecular weight excluding hydrogens is 336 g/mol. The zero-order valence-corrected chi connectivity index (χ0v) is 12.4. The van der Waals surface area contributed by atoms with Crippen LogP contribution in [-0.4, -0.2) is 11.7 Å². The first-order valence-corrected chi connectivity index (χ1v) is 6.48. The van der Waals surface area contributed by atoms with Gasteiger partial charge in [0, 0.05) is 0 Å². The molecule has 0 bridgehead atoms. The minimum atomic E-state index is 0.0193. The van der Waals surface area contributed by atoms with Gasteiger partial charge in [0.25, 0.3) is 0 Å². The van der Waals surface area contributed by atoms with Crippen molar-refractivity contribution >= 4 is 31.9 Å². The number of ether oxygens (including phenoxy) is 1. The first-order chi connectivity index (χ1) is 7.54. The third-order valence-corrected chi connectivity index (χ3v) is 3.14. The fourth-order valence-corrected chi connectivity index (χ4v) is 2.64. The lowest BCUT2D eigenvalue weighted by molar-refractivity contribution is 0.281. The van der Waals surface area contributed by atoms with Crippen molar-refractivity contribution < 1.29 is 9.84 Å². The molecule has 0 saturated carbocycles. The quantitative estimate of drug-likeness (QED) is 0.831. The lowest BCUT2D eigenvalue weighted by Gasteiger charge is -2.10. The Morgan fingerprint density at radius 3 is 2.31 bits per heavy atom. The first kappa shape index (κ1) is 13.7. The van der Waals surface area contributed by atoms with Crippen LogP contribution < -0.4 is 4.74 Å². The maximum absolute atomic E-state index is 9.03. The van der Waals surface area contributed by atoms with E-state index in [0.29, 0.717) is 6.61 Å². The zero-order chi connectivity index (χ0) is 12.1. The van der Waals surface area contributed by atoms with Crippen molar-refractivity contribution in [3.8, 4) is 5.75 Å². The molecule has 0 saturated heterocycles. The maximum Gasteiger partial charge on any atom is 0.148 e. The van der Waals surface area contributed by atoms with Crippen molar-refractivity contribution in [1.82, 2.24) is 0 Å². The molecule has 0 spiro atoms. The van der Waals surface area contributed by atoms with Crippen molar-refractivity contribution in [3.05, 3.63) is 38.3 Å². The summed E-state index contributed by atoms with van der Waals surface area (Å²) in [6.07, 6.45) is 2.01. The lowest BCUT2D eigenvalue weighted by Crippen LogP contribution is -1.97. The molecule has 16 heavy (non-hydrogen) atoms. The monoisotopic (exact) mass is 348 g/mol. The van der Waals surface area contributed by atoms with E-state index in [1.807, 2.05) is 32.1 Å². The summed E-state index contributed by atoms with van der Waals surface area (Å²) in [5, 5.41) is 9.03. The molecular formula is C12H14Br2O2. The van der Waals surface area contributed by atoms with Gasteiger partial charge in [-0.05, 0) is 69.5 Å². The molecule has 0 amide bonds. The number of rotatable bonds is 4. The Morgan fingerprint density at radius 1 is 1.31 bits per heavy atom. The van der Waals surface area contributed by atoms with Gasteiger partial charge in [0.15, 0.2) is 0 Å². The molecule has 88 valence electrons. The summed E-state index contributed by atoms with van der Waals surface area (Å²) in [7, 11) is 0. The maximum atomic E-state index is 9.03. The Hall–Kier alpha value is -0.320. The van der Waals surface area contributed by atoms with E-state index in [-0.39, 0.29) is 6.61 Å². The van der Waals surface area contributed by atoms with Crippen LogP contribution in [0.5, 0.6) is 5.75 Å². The second kappa shape index (κ2) is 6.42. The summed E-state index contributed by atoms with van der Waals surface area (Å²) < 4.78 is 7.31. The zero-order valence-electron chi connectivity index (χ0n) is 9.26. The molecule has 1 aromatic rings. The second-order valence-corrected chi connectivity index (χ2v) is 5.35. The predicted octanol–water partition coefficient (Wildman–Crippen LogP) is 4.05. The Labute approximate surface area is 113 Å². The Kier molecular flexibility index (Phi) is 5.52. The van der Waals surface area contributed by atoms with E-state index in [9.17, 15) is 0 Å². The molecule has 0 aliphatic heterocycles. The summed E-state index contributed by atoms with van der Waals surface area (Å²) in [6.45, 7) is 4.62. The van der Waals surface area contributed by atoms with Gasteiger partial charge in [-0.25, -0.2) is 0 Å². The van der Waals surface area contributed by atoms with Crippen LogP contribution in [0.25, 0.3) is 0 Å². The molecule has 1 aromatic carbocycles. The topological polar surface area (TPSA) is 29.5 Å². The molecule has 0 atom stereocenters. The Balaban J connectivity index is 2.84. The Morgan fingerprint density at radius 2 is 1.88 bits per heavy atom. The second-order valence-electron chi connectivity index (χ2n) is 3.64. The molecule has 0 unspecified atom stereocenters.